The summed E-state index contributed by atoms with van der Waals surface area (Å²) in [6.07, 6.45) is 5.26. The van der Waals surface area contributed by atoms with E-state index in [1.807, 2.05) is 6.92 Å². The van der Waals surface area contributed by atoms with Crippen molar-refractivity contribution in [3.63, 3.8) is 0 Å². The molecule has 76 valence electrons. The molecule has 1 aliphatic rings. The summed E-state index contributed by atoms with van der Waals surface area (Å²) >= 11 is 0. The summed E-state index contributed by atoms with van der Waals surface area (Å²) in [5.41, 5.74) is 0. The van der Waals surface area contributed by atoms with Gasteiger partial charge in [0.2, 0.25) is 0 Å². The van der Waals surface area contributed by atoms with Crippen molar-refractivity contribution >= 4 is 5.97 Å². The molecule has 0 saturated carbocycles. The molecule has 1 fully saturated rings. The molecule has 0 amide bonds. The Balaban J connectivity index is 2.06. The SMILES string of the molecule is CCOC(=O)CC[C@@H]1CCCCN1. The van der Waals surface area contributed by atoms with Gasteiger partial charge in [-0.25, -0.2) is 0 Å². The zero-order valence-corrected chi connectivity index (χ0v) is 8.34. The van der Waals surface area contributed by atoms with Crippen molar-refractivity contribution in [2.75, 3.05) is 13.2 Å². The van der Waals surface area contributed by atoms with Gasteiger partial charge in [0.15, 0.2) is 0 Å². The number of carbonyl (C=O) groups is 1. The first-order chi connectivity index (χ1) is 6.33. The number of rotatable bonds is 4. The van der Waals surface area contributed by atoms with Crippen LogP contribution in [-0.2, 0) is 9.53 Å². The van der Waals surface area contributed by atoms with Gasteiger partial charge >= 0.3 is 5.97 Å². The molecule has 13 heavy (non-hydrogen) atoms. The fourth-order valence-electron chi connectivity index (χ4n) is 1.70. The molecule has 0 aromatic carbocycles. The molecule has 0 aliphatic carbocycles. The predicted octanol–water partition coefficient (Wildman–Crippen LogP) is 1.47. The number of hydrogen-bond donors (Lipinski definition) is 1. The lowest BCUT2D eigenvalue weighted by Crippen LogP contribution is -2.34. The highest BCUT2D eigenvalue weighted by atomic mass is 16.5. The fraction of sp³-hybridized carbons (Fsp3) is 0.900. The summed E-state index contributed by atoms with van der Waals surface area (Å²) < 4.78 is 4.87. The van der Waals surface area contributed by atoms with Crippen molar-refractivity contribution in [3.8, 4) is 0 Å². The van der Waals surface area contributed by atoms with E-state index in [2.05, 4.69) is 5.32 Å². The van der Waals surface area contributed by atoms with Gasteiger partial charge in [-0.2, -0.15) is 0 Å². The van der Waals surface area contributed by atoms with Crippen molar-refractivity contribution in [3.05, 3.63) is 0 Å². The summed E-state index contributed by atoms with van der Waals surface area (Å²) in [4.78, 5) is 11.0. The Labute approximate surface area is 79.8 Å². The van der Waals surface area contributed by atoms with E-state index in [1.54, 1.807) is 0 Å². The van der Waals surface area contributed by atoms with Gasteiger partial charge < -0.3 is 10.1 Å². The van der Waals surface area contributed by atoms with Crippen LogP contribution in [0.2, 0.25) is 0 Å². The second-order valence-electron chi connectivity index (χ2n) is 3.49. The second kappa shape index (κ2) is 5.97. The quantitative estimate of drug-likeness (QED) is 0.674. The molecule has 1 aliphatic heterocycles. The molecule has 0 unspecified atom stereocenters. The van der Waals surface area contributed by atoms with Gasteiger partial charge in [-0.15, -0.1) is 0 Å². The highest BCUT2D eigenvalue weighted by molar-refractivity contribution is 5.69. The van der Waals surface area contributed by atoms with Gasteiger partial charge in [-0.1, -0.05) is 6.42 Å². The first kappa shape index (κ1) is 10.5. The first-order valence-corrected chi connectivity index (χ1v) is 5.22. The molecule has 0 aromatic rings. The molecular weight excluding hydrogens is 166 g/mol. The van der Waals surface area contributed by atoms with Crippen LogP contribution in [0, 0.1) is 0 Å². The Bertz CT molecular complexity index is 153. The summed E-state index contributed by atoms with van der Waals surface area (Å²) in [7, 11) is 0. The fourth-order valence-corrected chi connectivity index (χ4v) is 1.70. The molecule has 0 spiro atoms. The van der Waals surface area contributed by atoms with E-state index in [0.29, 0.717) is 19.1 Å². The molecule has 0 aromatic heterocycles. The van der Waals surface area contributed by atoms with E-state index in [1.165, 1.54) is 19.3 Å². The Kier molecular flexibility index (Phi) is 4.83. The van der Waals surface area contributed by atoms with E-state index in [0.717, 1.165) is 13.0 Å². The van der Waals surface area contributed by atoms with Gasteiger partial charge in [-0.3, -0.25) is 4.79 Å². The van der Waals surface area contributed by atoms with Crippen molar-refractivity contribution in [1.82, 2.24) is 5.32 Å². The maximum absolute atomic E-state index is 11.0. The summed E-state index contributed by atoms with van der Waals surface area (Å²) in [5.74, 6) is -0.0603. The van der Waals surface area contributed by atoms with E-state index in [-0.39, 0.29) is 5.97 Å². The summed E-state index contributed by atoms with van der Waals surface area (Å²) in [6, 6.07) is 0.540. The number of nitrogens with one attached hydrogen (secondary N) is 1. The van der Waals surface area contributed by atoms with Crippen LogP contribution in [0.5, 0.6) is 0 Å². The Morgan fingerprint density at radius 2 is 2.38 bits per heavy atom. The standard InChI is InChI=1S/C10H19NO2/c1-2-13-10(12)7-6-9-5-3-4-8-11-9/h9,11H,2-8H2,1H3/t9-/m0/s1. The Morgan fingerprint density at radius 3 is 3.00 bits per heavy atom. The number of piperidine rings is 1. The average Bonchev–Trinajstić information content (AvgIpc) is 2.17. The van der Waals surface area contributed by atoms with Gasteiger partial charge in [0.05, 0.1) is 6.61 Å². The largest absolute Gasteiger partial charge is 0.466 e. The molecule has 1 N–H and O–H groups in total. The molecule has 1 atom stereocenters. The van der Waals surface area contributed by atoms with Gasteiger partial charge in [0, 0.05) is 12.5 Å². The van der Waals surface area contributed by atoms with Crippen LogP contribution in [0.3, 0.4) is 0 Å². The van der Waals surface area contributed by atoms with E-state index in [9.17, 15) is 4.79 Å². The van der Waals surface area contributed by atoms with Gasteiger partial charge in [-0.05, 0) is 32.7 Å². The lowest BCUT2D eigenvalue weighted by Gasteiger charge is -2.22. The number of ether oxygens (including phenoxy) is 1. The minimum Gasteiger partial charge on any atom is -0.466 e. The topological polar surface area (TPSA) is 38.3 Å². The van der Waals surface area contributed by atoms with Crippen LogP contribution in [0.4, 0.5) is 0 Å². The molecule has 1 rings (SSSR count). The Hall–Kier alpha value is -0.570. The highest BCUT2D eigenvalue weighted by Crippen LogP contribution is 2.11. The van der Waals surface area contributed by atoms with Crippen molar-refractivity contribution in [2.24, 2.45) is 0 Å². The third-order valence-electron chi connectivity index (χ3n) is 2.41. The number of esters is 1. The Morgan fingerprint density at radius 1 is 1.54 bits per heavy atom. The maximum Gasteiger partial charge on any atom is 0.305 e. The third kappa shape index (κ3) is 4.27. The van der Waals surface area contributed by atoms with Crippen LogP contribution in [-0.4, -0.2) is 25.2 Å². The maximum atomic E-state index is 11.0. The molecule has 1 heterocycles. The van der Waals surface area contributed by atoms with Crippen LogP contribution in [0.1, 0.15) is 39.0 Å². The zero-order chi connectivity index (χ0) is 9.52. The smallest absolute Gasteiger partial charge is 0.305 e. The molecule has 1 saturated heterocycles. The van der Waals surface area contributed by atoms with Gasteiger partial charge in [0.25, 0.3) is 0 Å². The highest BCUT2D eigenvalue weighted by Gasteiger charge is 2.13. The van der Waals surface area contributed by atoms with Crippen molar-refractivity contribution in [1.29, 1.82) is 0 Å². The molecule has 3 heteroatoms. The van der Waals surface area contributed by atoms with Crippen LogP contribution in [0.15, 0.2) is 0 Å². The van der Waals surface area contributed by atoms with Crippen LogP contribution < -0.4 is 5.32 Å². The average molecular weight is 185 g/mol. The lowest BCUT2D eigenvalue weighted by atomic mass is 10.0. The minimum absolute atomic E-state index is 0.0603. The first-order valence-electron chi connectivity index (χ1n) is 5.22. The number of carbonyl (C=O) groups excluding carboxylic acids is 1. The molecular formula is C10H19NO2. The molecule has 3 nitrogen and oxygen atoms in total. The van der Waals surface area contributed by atoms with Crippen LogP contribution in [0.25, 0.3) is 0 Å². The predicted molar refractivity (Wildman–Crippen MR) is 51.5 cm³/mol. The molecule has 0 bridgehead atoms. The van der Waals surface area contributed by atoms with Crippen molar-refractivity contribution in [2.45, 2.75) is 45.1 Å². The monoisotopic (exact) mass is 185 g/mol. The van der Waals surface area contributed by atoms with E-state index < -0.39 is 0 Å². The van der Waals surface area contributed by atoms with E-state index >= 15 is 0 Å². The summed E-state index contributed by atoms with van der Waals surface area (Å²) in [6.45, 7) is 3.45. The van der Waals surface area contributed by atoms with E-state index in [4.69, 9.17) is 4.74 Å². The van der Waals surface area contributed by atoms with Crippen molar-refractivity contribution < 1.29 is 9.53 Å². The summed E-state index contributed by atoms with van der Waals surface area (Å²) in [5, 5.41) is 3.41. The normalized spacial score (nSPS) is 22.7. The minimum atomic E-state index is -0.0603. The van der Waals surface area contributed by atoms with Gasteiger partial charge in [0.1, 0.15) is 0 Å². The number of hydrogen-bond acceptors (Lipinski definition) is 3. The third-order valence-corrected chi connectivity index (χ3v) is 2.41. The second-order valence-corrected chi connectivity index (χ2v) is 3.49. The molecule has 0 radical (unpaired) electrons. The lowest BCUT2D eigenvalue weighted by molar-refractivity contribution is -0.143. The zero-order valence-electron chi connectivity index (χ0n) is 8.34. The van der Waals surface area contributed by atoms with Crippen LogP contribution >= 0.6 is 0 Å².